The Morgan fingerprint density at radius 1 is 0.714 bits per heavy atom. The number of methoxy groups -OCH3 is 1. The number of hydrogen-bond donors (Lipinski definition) is 0. The normalized spacial score (nSPS) is 11.1. The van der Waals surface area contributed by atoms with E-state index in [9.17, 15) is 13.2 Å². The number of hydrogen-bond acceptors (Lipinski definition) is 2. The predicted molar refractivity (Wildman–Crippen MR) is 127 cm³/mol. The van der Waals surface area contributed by atoms with Gasteiger partial charge in [0, 0.05) is 18.1 Å². The lowest BCUT2D eigenvalue weighted by Gasteiger charge is -2.10. The van der Waals surface area contributed by atoms with E-state index in [1.165, 1.54) is 31.4 Å². The first kappa shape index (κ1) is 24.4. The van der Waals surface area contributed by atoms with Crippen LogP contribution in [0, 0.1) is 34.6 Å². The molecule has 0 aromatic heterocycles. The van der Waals surface area contributed by atoms with Crippen LogP contribution in [0.4, 0.5) is 17.6 Å². The molecule has 0 aliphatic rings. The maximum atomic E-state index is 15.1. The van der Waals surface area contributed by atoms with Crippen LogP contribution in [0.3, 0.4) is 0 Å². The van der Waals surface area contributed by atoms with E-state index in [0.29, 0.717) is 46.7 Å². The molecule has 4 rings (SSSR count). The van der Waals surface area contributed by atoms with Crippen LogP contribution in [0.1, 0.15) is 33.4 Å². The molecule has 0 aliphatic heterocycles. The second kappa shape index (κ2) is 10.7. The summed E-state index contributed by atoms with van der Waals surface area (Å²) >= 11 is 0. The average molecular weight is 478 g/mol. The van der Waals surface area contributed by atoms with Crippen molar-refractivity contribution in [2.24, 2.45) is 0 Å². The van der Waals surface area contributed by atoms with Gasteiger partial charge in [0.25, 0.3) is 0 Å². The first-order valence-electron chi connectivity index (χ1n) is 11.2. The predicted octanol–water partition coefficient (Wildman–Crippen LogP) is 6.98. The zero-order chi connectivity index (χ0) is 24.9. The summed E-state index contributed by atoms with van der Waals surface area (Å²) in [7, 11) is 1.46. The van der Waals surface area contributed by atoms with Gasteiger partial charge in [-0.25, -0.2) is 17.6 Å². The summed E-state index contributed by atoms with van der Waals surface area (Å²) < 4.78 is 62.6. The Morgan fingerprint density at radius 3 is 2.06 bits per heavy atom. The first-order valence-corrected chi connectivity index (χ1v) is 11.2. The average Bonchev–Trinajstić information content (AvgIpc) is 2.83. The van der Waals surface area contributed by atoms with E-state index in [2.05, 4.69) is 0 Å². The number of halogens is 4. The summed E-state index contributed by atoms with van der Waals surface area (Å²) in [5.41, 5.74) is 2.48. The van der Waals surface area contributed by atoms with E-state index in [4.69, 9.17) is 10.00 Å². The highest BCUT2D eigenvalue weighted by molar-refractivity contribution is 5.84. The number of nitriles is 1. The molecule has 2 nitrogen and oxygen atoms in total. The molecule has 35 heavy (non-hydrogen) atoms. The van der Waals surface area contributed by atoms with E-state index in [0.717, 1.165) is 5.56 Å². The Hall–Kier alpha value is -3.69. The largest absolute Gasteiger partial charge is 0.380 e. The van der Waals surface area contributed by atoms with E-state index >= 15 is 4.39 Å². The molecule has 0 bridgehead atoms. The molecule has 0 radical (unpaired) electrons. The first-order chi connectivity index (χ1) is 16.9. The van der Waals surface area contributed by atoms with Crippen molar-refractivity contribution in [1.29, 1.82) is 5.26 Å². The van der Waals surface area contributed by atoms with Gasteiger partial charge in [0.1, 0.15) is 29.3 Å². The molecular formula is C29H23F4NO. The van der Waals surface area contributed by atoms with Gasteiger partial charge in [-0.2, -0.15) is 5.26 Å². The Balaban J connectivity index is 1.47. The Kier molecular flexibility index (Phi) is 7.48. The third kappa shape index (κ3) is 5.52. The number of ether oxygens (including phenoxy) is 1. The Bertz CT molecular complexity index is 1400. The van der Waals surface area contributed by atoms with Crippen molar-refractivity contribution >= 4 is 10.8 Å². The highest BCUT2D eigenvalue weighted by Crippen LogP contribution is 2.25. The molecule has 0 heterocycles. The van der Waals surface area contributed by atoms with Gasteiger partial charge in [-0.15, -0.1) is 0 Å². The van der Waals surface area contributed by atoms with Crippen LogP contribution in [0.25, 0.3) is 10.8 Å². The van der Waals surface area contributed by atoms with Crippen molar-refractivity contribution in [3.05, 3.63) is 117 Å². The Morgan fingerprint density at radius 2 is 1.37 bits per heavy atom. The fourth-order valence-corrected chi connectivity index (χ4v) is 4.23. The van der Waals surface area contributed by atoms with Crippen molar-refractivity contribution < 1.29 is 22.3 Å². The Labute approximate surface area is 201 Å². The number of benzene rings is 4. The van der Waals surface area contributed by atoms with Crippen LogP contribution in [-0.4, -0.2) is 7.11 Å². The van der Waals surface area contributed by atoms with Gasteiger partial charge in [-0.1, -0.05) is 36.4 Å². The summed E-state index contributed by atoms with van der Waals surface area (Å²) in [6, 6.07) is 17.5. The van der Waals surface area contributed by atoms with Crippen LogP contribution >= 0.6 is 0 Å². The van der Waals surface area contributed by atoms with Gasteiger partial charge in [-0.3, -0.25) is 0 Å². The van der Waals surface area contributed by atoms with Gasteiger partial charge in [0.2, 0.25) is 0 Å². The molecule has 0 aliphatic carbocycles. The number of nitrogens with zero attached hydrogens (tertiary/aromatic N) is 1. The maximum absolute atomic E-state index is 15.1. The molecule has 0 unspecified atom stereocenters. The summed E-state index contributed by atoms with van der Waals surface area (Å²) in [5.74, 6) is -2.12. The summed E-state index contributed by atoms with van der Waals surface area (Å²) in [6.45, 7) is 0.136. The molecule has 0 atom stereocenters. The lowest BCUT2D eigenvalue weighted by atomic mass is 9.96. The molecule has 0 amide bonds. The van der Waals surface area contributed by atoms with Gasteiger partial charge in [-0.05, 0) is 77.6 Å². The van der Waals surface area contributed by atoms with E-state index in [1.807, 2.05) is 12.1 Å². The van der Waals surface area contributed by atoms with E-state index < -0.39 is 17.5 Å². The smallest absolute Gasteiger partial charge is 0.141 e. The monoisotopic (exact) mass is 477 g/mol. The van der Waals surface area contributed by atoms with Crippen molar-refractivity contribution in [1.82, 2.24) is 0 Å². The third-order valence-electron chi connectivity index (χ3n) is 6.11. The van der Waals surface area contributed by atoms with Gasteiger partial charge < -0.3 is 4.74 Å². The third-order valence-corrected chi connectivity index (χ3v) is 6.11. The SMILES string of the molecule is COCc1cc(F)c(CCc2ccc3c(F)c(CCc4ccc(C#N)c(F)c4)ccc3c2)c(F)c1. The maximum Gasteiger partial charge on any atom is 0.141 e. The minimum absolute atomic E-state index is 0.0185. The second-order valence-electron chi connectivity index (χ2n) is 8.49. The highest BCUT2D eigenvalue weighted by atomic mass is 19.1. The molecule has 0 saturated heterocycles. The fourth-order valence-electron chi connectivity index (χ4n) is 4.23. The van der Waals surface area contributed by atoms with Crippen LogP contribution in [0.15, 0.2) is 60.7 Å². The van der Waals surface area contributed by atoms with Crippen molar-refractivity contribution in [2.45, 2.75) is 32.3 Å². The number of rotatable bonds is 8. The van der Waals surface area contributed by atoms with Gasteiger partial charge >= 0.3 is 0 Å². The standard InChI is InChI=1S/C29H23F4NO/c1-35-17-20-14-27(31)25(28(32)15-20)11-5-18-4-10-24-22(12-18)9-8-21(29(24)33)6-2-19-3-7-23(16-34)26(30)13-19/h3-4,7-10,12-15H,2,5-6,11,17H2,1H3. The summed E-state index contributed by atoms with van der Waals surface area (Å²) in [4.78, 5) is 0. The van der Waals surface area contributed by atoms with Crippen molar-refractivity contribution in [2.75, 3.05) is 7.11 Å². The topological polar surface area (TPSA) is 33.0 Å². The molecule has 6 heteroatoms. The molecular weight excluding hydrogens is 454 g/mol. The fraction of sp³-hybridized carbons (Fsp3) is 0.207. The number of aryl methyl sites for hydroxylation is 3. The lowest BCUT2D eigenvalue weighted by Crippen LogP contribution is -2.02. The summed E-state index contributed by atoms with van der Waals surface area (Å²) in [6.07, 6.45) is 1.40. The van der Waals surface area contributed by atoms with Crippen molar-refractivity contribution in [3.63, 3.8) is 0 Å². The van der Waals surface area contributed by atoms with E-state index in [1.54, 1.807) is 30.3 Å². The lowest BCUT2D eigenvalue weighted by molar-refractivity contribution is 0.184. The van der Waals surface area contributed by atoms with Crippen LogP contribution in [0.2, 0.25) is 0 Å². The molecule has 4 aromatic rings. The van der Waals surface area contributed by atoms with E-state index in [-0.39, 0.29) is 30.0 Å². The zero-order valence-corrected chi connectivity index (χ0v) is 19.2. The summed E-state index contributed by atoms with van der Waals surface area (Å²) in [5, 5.41) is 10.00. The molecule has 0 saturated carbocycles. The molecule has 0 spiro atoms. The van der Waals surface area contributed by atoms with Crippen LogP contribution in [-0.2, 0) is 37.0 Å². The minimum atomic E-state index is -0.601. The van der Waals surface area contributed by atoms with Crippen LogP contribution in [0.5, 0.6) is 0 Å². The van der Waals surface area contributed by atoms with Gasteiger partial charge in [0.05, 0.1) is 12.2 Å². The van der Waals surface area contributed by atoms with Crippen LogP contribution < -0.4 is 0 Å². The molecule has 178 valence electrons. The molecule has 4 aromatic carbocycles. The zero-order valence-electron chi connectivity index (χ0n) is 19.2. The minimum Gasteiger partial charge on any atom is -0.380 e. The number of fused-ring (bicyclic) bond motifs is 1. The van der Waals surface area contributed by atoms with Gasteiger partial charge in [0.15, 0.2) is 0 Å². The second-order valence-corrected chi connectivity index (χ2v) is 8.49. The molecule has 0 N–H and O–H groups in total. The quantitative estimate of drug-likeness (QED) is 0.256. The van der Waals surface area contributed by atoms with Crippen molar-refractivity contribution in [3.8, 4) is 6.07 Å². The highest BCUT2D eigenvalue weighted by Gasteiger charge is 2.13. The molecule has 0 fully saturated rings.